The number of aryl methyl sites for hydroxylation is 1. The van der Waals surface area contributed by atoms with Crippen molar-refractivity contribution >= 4 is 55.3 Å². The summed E-state index contributed by atoms with van der Waals surface area (Å²) >= 11 is 7.37. The van der Waals surface area contributed by atoms with Gasteiger partial charge < -0.3 is 8.94 Å². The average molecular weight is 411 g/mol. The van der Waals surface area contributed by atoms with Crippen molar-refractivity contribution in [2.24, 2.45) is 0 Å². The predicted octanol–water partition coefficient (Wildman–Crippen LogP) is 5.31. The van der Waals surface area contributed by atoms with Crippen LogP contribution in [0.2, 0.25) is 5.02 Å². The minimum atomic E-state index is -0.336. The number of nitrogens with zero attached hydrogens (tertiary/aromatic N) is 3. The number of nitrogens with one attached hydrogen (secondary N) is 1. The monoisotopic (exact) mass is 410 g/mol. The zero-order valence-electron chi connectivity index (χ0n) is 14.4. The Morgan fingerprint density at radius 1 is 1.21 bits per heavy atom. The van der Waals surface area contributed by atoms with Crippen LogP contribution in [0.25, 0.3) is 32.8 Å². The first kappa shape index (κ1) is 16.9. The summed E-state index contributed by atoms with van der Waals surface area (Å²) in [4.78, 5) is 21.9. The number of amides is 1. The lowest BCUT2D eigenvalue weighted by Crippen LogP contribution is -2.13. The van der Waals surface area contributed by atoms with Crippen molar-refractivity contribution in [3.8, 4) is 11.5 Å². The molecule has 28 heavy (non-hydrogen) atoms. The van der Waals surface area contributed by atoms with Gasteiger partial charge in [0.15, 0.2) is 10.9 Å². The molecule has 138 valence electrons. The van der Waals surface area contributed by atoms with Crippen LogP contribution in [0.1, 0.15) is 16.1 Å². The van der Waals surface area contributed by atoms with Gasteiger partial charge in [0, 0.05) is 5.02 Å². The summed E-state index contributed by atoms with van der Waals surface area (Å²) in [5.41, 5.74) is 2.48. The van der Waals surface area contributed by atoms with E-state index in [0.29, 0.717) is 38.3 Å². The number of benzene rings is 1. The van der Waals surface area contributed by atoms with E-state index >= 15 is 0 Å². The maximum atomic E-state index is 13.0. The van der Waals surface area contributed by atoms with Gasteiger partial charge in [-0.2, -0.15) is 0 Å². The van der Waals surface area contributed by atoms with Crippen LogP contribution in [0, 0.1) is 6.92 Å². The summed E-state index contributed by atoms with van der Waals surface area (Å²) in [6, 6.07) is 10.6. The molecule has 0 unspecified atom stereocenters. The molecule has 0 saturated heterocycles. The quantitative estimate of drug-likeness (QED) is 0.433. The molecule has 0 saturated carbocycles. The van der Waals surface area contributed by atoms with Crippen LogP contribution < -0.4 is 5.32 Å². The minimum Gasteiger partial charge on any atom is -0.463 e. The summed E-state index contributed by atoms with van der Waals surface area (Å²) in [6.07, 6.45) is 1.54. The number of rotatable bonds is 3. The second-order valence-corrected chi connectivity index (χ2v) is 7.53. The Morgan fingerprint density at radius 2 is 2.11 bits per heavy atom. The smallest absolute Gasteiger partial charge is 0.259 e. The lowest BCUT2D eigenvalue weighted by Gasteiger charge is -2.05. The Labute approximate surface area is 166 Å². The van der Waals surface area contributed by atoms with Crippen molar-refractivity contribution in [3.63, 3.8) is 0 Å². The van der Waals surface area contributed by atoms with Gasteiger partial charge in [0.1, 0.15) is 5.69 Å². The van der Waals surface area contributed by atoms with Crippen LogP contribution in [-0.4, -0.2) is 21.0 Å². The second kappa shape index (κ2) is 6.43. The van der Waals surface area contributed by atoms with Crippen LogP contribution in [0.5, 0.6) is 0 Å². The lowest BCUT2D eigenvalue weighted by atomic mass is 10.1. The van der Waals surface area contributed by atoms with Crippen molar-refractivity contribution in [3.05, 3.63) is 58.9 Å². The van der Waals surface area contributed by atoms with Crippen LogP contribution in [-0.2, 0) is 0 Å². The zero-order chi connectivity index (χ0) is 19.3. The van der Waals surface area contributed by atoms with E-state index in [1.54, 1.807) is 37.5 Å². The molecule has 4 heterocycles. The summed E-state index contributed by atoms with van der Waals surface area (Å²) < 4.78 is 11.6. The average Bonchev–Trinajstić information content (AvgIpc) is 3.41. The first-order chi connectivity index (χ1) is 13.6. The number of fused-ring (bicyclic) bond motifs is 2. The van der Waals surface area contributed by atoms with Crippen LogP contribution in [0.4, 0.5) is 5.13 Å². The first-order valence-electron chi connectivity index (χ1n) is 8.27. The SMILES string of the molecule is Cc1noc2nc(-c3ccco3)cc(C(=O)Nc3nc4ccc(Cl)cc4s3)c12. The maximum absolute atomic E-state index is 13.0. The molecule has 9 heteroatoms. The number of halogens is 1. The van der Waals surface area contributed by atoms with Gasteiger partial charge in [-0.15, -0.1) is 0 Å². The number of furan rings is 1. The van der Waals surface area contributed by atoms with E-state index in [4.69, 9.17) is 20.5 Å². The van der Waals surface area contributed by atoms with Crippen molar-refractivity contribution in [1.82, 2.24) is 15.1 Å². The summed E-state index contributed by atoms with van der Waals surface area (Å²) in [6.45, 7) is 1.76. The number of carbonyl (C=O) groups excluding carboxylic acids is 1. The van der Waals surface area contributed by atoms with Crippen LogP contribution in [0.15, 0.2) is 51.6 Å². The molecule has 0 spiro atoms. The van der Waals surface area contributed by atoms with Gasteiger partial charge in [-0.3, -0.25) is 10.1 Å². The Bertz CT molecular complexity index is 1340. The van der Waals surface area contributed by atoms with Gasteiger partial charge >= 0.3 is 0 Å². The molecule has 1 N–H and O–H groups in total. The fourth-order valence-electron chi connectivity index (χ4n) is 2.94. The van der Waals surface area contributed by atoms with Gasteiger partial charge in [0.05, 0.1) is 33.1 Å². The fourth-order valence-corrected chi connectivity index (χ4v) is 4.08. The highest BCUT2D eigenvalue weighted by Gasteiger charge is 2.21. The standard InChI is InChI=1S/C19H11ClN4O3S/c1-9-16-11(8-13(14-3-2-6-26-14)21-18(16)27-24-9)17(25)23-19-22-12-5-4-10(20)7-15(12)28-19/h2-8H,1H3,(H,22,23,25). The third-order valence-corrected chi connectivity index (χ3v) is 5.38. The molecule has 4 aromatic heterocycles. The number of anilines is 1. The Morgan fingerprint density at radius 3 is 2.93 bits per heavy atom. The highest BCUT2D eigenvalue weighted by molar-refractivity contribution is 7.22. The van der Waals surface area contributed by atoms with Gasteiger partial charge in [0.2, 0.25) is 0 Å². The highest BCUT2D eigenvalue weighted by atomic mass is 35.5. The van der Waals surface area contributed by atoms with Crippen molar-refractivity contribution in [2.45, 2.75) is 6.92 Å². The lowest BCUT2D eigenvalue weighted by molar-refractivity contribution is 0.102. The molecule has 5 aromatic rings. The number of aromatic nitrogens is 3. The molecule has 0 aliphatic carbocycles. The van der Waals surface area contributed by atoms with Crippen molar-refractivity contribution < 1.29 is 13.7 Å². The molecule has 0 bridgehead atoms. The summed E-state index contributed by atoms with van der Waals surface area (Å²) in [7, 11) is 0. The van der Waals surface area contributed by atoms with Crippen LogP contribution >= 0.6 is 22.9 Å². The molecule has 1 amide bonds. The van der Waals surface area contributed by atoms with E-state index in [1.807, 2.05) is 12.1 Å². The topological polar surface area (TPSA) is 94.0 Å². The van der Waals surface area contributed by atoms with Crippen molar-refractivity contribution in [1.29, 1.82) is 0 Å². The number of hydrogen-bond acceptors (Lipinski definition) is 7. The van der Waals surface area contributed by atoms with E-state index in [9.17, 15) is 4.79 Å². The number of hydrogen-bond donors (Lipinski definition) is 1. The Balaban J connectivity index is 1.58. The molecule has 7 nitrogen and oxygen atoms in total. The van der Waals surface area contributed by atoms with Gasteiger partial charge in [-0.25, -0.2) is 9.97 Å². The molecular formula is C19H11ClN4O3S. The fraction of sp³-hybridized carbons (Fsp3) is 0.0526. The zero-order valence-corrected chi connectivity index (χ0v) is 16.0. The number of thiazole rings is 1. The predicted molar refractivity (Wildman–Crippen MR) is 107 cm³/mol. The first-order valence-corrected chi connectivity index (χ1v) is 9.46. The third-order valence-electron chi connectivity index (χ3n) is 4.21. The highest BCUT2D eigenvalue weighted by Crippen LogP contribution is 2.31. The third kappa shape index (κ3) is 2.83. The molecule has 5 rings (SSSR count). The Kier molecular flexibility index (Phi) is 3.88. The van der Waals surface area contributed by atoms with E-state index in [-0.39, 0.29) is 11.6 Å². The maximum Gasteiger partial charge on any atom is 0.259 e. The molecule has 0 radical (unpaired) electrons. The minimum absolute atomic E-state index is 0.271. The number of carbonyl (C=O) groups is 1. The summed E-state index contributed by atoms with van der Waals surface area (Å²) in [5.74, 6) is 0.191. The van der Waals surface area contributed by atoms with Gasteiger partial charge in [0.25, 0.3) is 11.6 Å². The molecule has 0 aliphatic heterocycles. The largest absolute Gasteiger partial charge is 0.463 e. The van der Waals surface area contributed by atoms with Gasteiger partial charge in [-0.1, -0.05) is 28.1 Å². The van der Waals surface area contributed by atoms with E-state index < -0.39 is 0 Å². The van der Waals surface area contributed by atoms with Crippen LogP contribution in [0.3, 0.4) is 0 Å². The van der Waals surface area contributed by atoms with Crippen molar-refractivity contribution in [2.75, 3.05) is 5.32 Å². The molecule has 0 fully saturated rings. The van der Waals surface area contributed by atoms with E-state index in [1.165, 1.54) is 11.3 Å². The van der Waals surface area contributed by atoms with Gasteiger partial charge in [-0.05, 0) is 43.3 Å². The normalized spacial score (nSPS) is 11.4. The number of pyridine rings is 1. The Hall–Kier alpha value is -3.23. The molecular weight excluding hydrogens is 400 g/mol. The second-order valence-electron chi connectivity index (χ2n) is 6.07. The van der Waals surface area contributed by atoms with E-state index in [0.717, 1.165) is 10.2 Å². The van der Waals surface area contributed by atoms with E-state index in [2.05, 4.69) is 20.4 Å². The molecule has 0 atom stereocenters. The summed E-state index contributed by atoms with van der Waals surface area (Å²) in [5, 5.41) is 8.43. The molecule has 0 aliphatic rings. The molecule has 1 aromatic carbocycles.